The summed E-state index contributed by atoms with van der Waals surface area (Å²) in [5, 5.41) is 23.5. The maximum absolute atomic E-state index is 12.7. The van der Waals surface area contributed by atoms with Crippen molar-refractivity contribution in [3.8, 4) is 0 Å². The molecule has 0 bridgehead atoms. The first kappa shape index (κ1) is 22.1. The summed E-state index contributed by atoms with van der Waals surface area (Å²) in [5.74, 6) is 0.185. The number of aliphatic hydroxyl groups excluding tert-OH is 2. The zero-order valence-electron chi connectivity index (χ0n) is 17.9. The molecule has 5 N–H and O–H groups in total. The molecular weight excluding hydrogens is 414 g/mol. The molecule has 3 aromatic rings. The molecule has 1 aromatic carbocycles. The third-order valence-corrected chi connectivity index (χ3v) is 5.54. The Kier molecular flexibility index (Phi) is 6.33. The van der Waals surface area contributed by atoms with E-state index < -0.39 is 43.0 Å². The lowest BCUT2D eigenvalue weighted by Gasteiger charge is -2.23. The van der Waals surface area contributed by atoms with Gasteiger partial charge >= 0.3 is 0 Å². The number of amides is 1. The molecule has 0 radical (unpaired) electrons. The number of carbonyl (C=O) groups is 1. The average Bonchev–Trinajstić information content (AvgIpc) is 3.35. The molecule has 170 valence electrons. The number of nitrogens with zero attached hydrogens (tertiary/aromatic N) is 5. The molecule has 0 aliphatic carbocycles. The Hall–Kier alpha value is -3.12. The number of anilines is 1. The lowest BCUT2D eigenvalue weighted by Crippen LogP contribution is -2.53. The van der Waals surface area contributed by atoms with Crippen LogP contribution in [-0.2, 0) is 16.0 Å². The maximum atomic E-state index is 12.7. The van der Waals surface area contributed by atoms with Gasteiger partial charge in [0.05, 0.1) is 25.0 Å². The zero-order chi connectivity index (χ0) is 22.8. The molecule has 0 unspecified atom stereocenters. The molecule has 1 saturated heterocycles. The Balaban J connectivity index is 1.53. The molecule has 3 heterocycles. The molecule has 2 aromatic heterocycles. The van der Waals surface area contributed by atoms with Crippen LogP contribution >= 0.6 is 0 Å². The molecule has 1 amide bonds. The number of hydrogen-bond acceptors (Lipinski definition) is 9. The normalized spacial score (nSPS) is 23.9. The number of nitrogens with one attached hydrogen (secondary N) is 1. The van der Waals surface area contributed by atoms with E-state index in [1.54, 1.807) is 9.47 Å². The first-order chi connectivity index (χ1) is 15.4. The van der Waals surface area contributed by atoms with Gasteiger partial charge in [-0.2, -0.15) is 0 Å². The predicted molar refractivity (Wildman–Crippen MR) is 117 cm³/mol. The summed E-state index contributed by atoms with van der Waals surface area (Å²) in [6.45, 7) is -0.392. The molecule has 1 aliphatic rings. The van der Waals surface area contributed by atoms with Gasteiger partial charge in [0.25, 0.3) is 0 Å². The fourth-order valence-electron chi connectivity index (χ4n) is 3.89. The van der Waals surface area contributed by atoms with Gasteiger partial charge in [-0.1, -0.05) is 30.3 Å². The predicted octanol–water partition coefficient (Wildman–Crippen LogP) is -0.802. The second-order valence-corrected chi connectivity index (χ2v) is 7.98. The summed E-state index contributed by atoms with van der Waals surface area (Å²) >= 11 is 0. The topological polar surface area (TPSA) is 152 Å². The molecule has 11 nitrogen and oxygen atoms in total. The van der Waals surface area contributed by atoms with Gasteiger partial charge in [-0.15, -0.1) is 0 Å². The number of hydrogen-bond donors (Lipinski definition) is 4. The number of imidazole rings is 1. The molecule has 5 atom stereocenters. The number of aliphatic hydroxyl groups is 2. The van der Waals surface area contributed by atoms with Gasteiger partial charge in [0.1, 0.15) is 18.5 Å². The average molecular weight is 441 g/mol. The van der Waals surface area contributed by atoms with Crippen LogP contribution in [0.5, 0.6) is 0 Å². The van der Waals surface area contributed by atoms with Gasteiger partial charge in [0.15, 0.2) is 23.2 Å². The van der Waals surface area contributed by atoms with Crippen molar-refractivity contribution in [3.63, 3.8) is 0 Å². The van der Waals surface area contributed by atoms with E-state index in [2.05, 4.69) is 20.3 Å². The van der Waals surface area contributed by atoms with E-state index in [1.165, 1.54) is 12.7 Å². The van der Waals surface area contributed by atoms with Crippen molar-refractivity contribution in [2.24, 2.45) is 5.73 Å². The number of nitrogens with two attached hydrogens (primary N) is 1. The van der Waals surface area contributed by atoms with Crippen LogP contribution in [0.2, 0.25) is 0 Å². The molecule has 1 fully saturated rings. The van der Waals surface area contributed by atoms with E-state index in [-0.39, 0.29) is 0 Å². The zero-order valence-corrected chi connectivity index (χ0v) is 17.9. The number of aromatic nitrogens is 4. The summed E-state index contributed by atoms with van der Waals surface area (Å²) in [6.07, 6.45) is 0.367. The Morgan fingerprint density at radius 2 is 2.03 bits per heavy atom. The number of rotatable bonds is 7. The van der Waals surface area contributed by atoms with E-state index in [4.69, 9.17) is 10.5 Å². The third kappa shape index (κ3) is 4.15. The highest BCUT2D eigenvalue weighted by atomic mass is 16.5. The smallest absolute Gasteiger partial charge is 0.237 e. The fourth-order valence-corrected chi connectivity index (χ4v) is 3.89. The van der Waals surface area contributed by atoms with Crippen molar-refractivity contribution in [1.29, 1.82) is 0 Å². The third-order valence-electron chi connectivity index (χ3n) is 5.54. The highest BCUT2D eigenvalue weighted by Crippen LogP contribution is 2.32. The van der Waals surface area contributed by atoms with Gasteiger partial charge in [-0.25, -0.2) is 15.0 Å². The fraction of sp³-hybridized carbons (Fsp3) is 0.429. The number of carbonyl (C=O) groups excluding carboxylic acids is 1. The van der Waals surface area contributed by atoms with Crippen LogP contribution in [0.15, 0.2) is 43.0 Å². The Morgan fingerprint density at radius 3 is 2.72 bits per heavy atom. The standard InChI is InChI=1S/C21H27N7O4/c1-27(2)18-16-19(24-10-23-18)28(11-25-16)21-17(30)15(14(9-29)32-21)26-20(31)13(22)8-12-6-4-3-5-7-12/h3-7,10-11,13-15,17,21,29-30H,8-9,22H2,1-2H3,(H,26,31)/t13-,14+,15+,17+,21+/m0/s1. The quantitative estimate of drug-likeness (QED) is 0.369. The van der Waals surface area contributed by atoms with Crippen LogP contribution in [0, 0.1) is 0 Å². The van der Waals surface area contributed by atoms with Gasteiger partial charge in [-0.3, -0.25) is 9.36 Å². The summed E-state index contributed by atoms with van der Waals surface area (Å²) in [7, 11) is 3.68. The van der Waals surface area contributed by atoms with E-state index in [0.29, 0.717) is 23.4 Å². The summed E-state index contributed by atoms with van der Waals surface area (Å²) in [6, 6.07) is 7.75. The summed E-state index contributed by atoms with van der Waals surface area (Å²) < 4.78 is 7.46. The van der Waals surface area contributed by atoms with Crippen molar-refractivity contribution < 1.29 is 19.7 Å². The van der Waals surface area contributed by atoms with Crippen LogP contribution in [0.4, 0.5) is 5.82 Å². The monoisotopic (exact) mass is 441 g/mol. The SMILES string of the molecule is CN(C)c1ncnc2c1ncn2[C@@H]1O[C@H](CO)[C@@H](NC(=O)[C@@H](N)Cc2ccccc2)[C@H]1O. The minimum absolute atomic E-state index is 0.347. The minimum Gasteiger partial charge on any atom is -0.394 e. The number of fused-ring (bicyclic) bond motifs is 1. The van der Waals surface area contributed by atoms with E-state index >= 15 is 0 Å². The Labute approximate surface area is 184 Å². The Bertz CT molecular complexity index is 1070. The maximum Gasteiger partial charge on any atom is 0.237 e. The van der Waals surface area contributed by atoms with Crippen molar-refractivity contribution in [3.05, 3.63) is 48.5 Å². The first-order valence-electron chi connectivity index (χ1n) is 10.3. The molecule has 1 aliphatic heterocycles. The van der Waals surface area contributed by atoms with Crippen LogP contribution in [0.25, 0.3) is 11.2 Å². The molecular formula is C21H27N7O4. The molecule has 0 spiro atoms. The largest absolute Gasteiger partial charge is 0.394 e. The lowest BCUT2D eigenvalue weighted by atomic mass is 10.0. The minimum atomic E-state index is -1.16. The van der Waals surface area contributed by atoms with Crippen LogP contribution in [0.3, 0.4) is 0 Å². The second kappa shape index (κ2) is 9.17. The van der Waals surface area contributed by atoms with Gasteiger partial charge in [0.2, 0.25) is 5.91 Å². The second-order valence-electron chi connectivity index (χ2n) is 7.98. The molecule has 11 heteroatoms. The molecule has 4 rings (SSSR count). The van der Waals surface area contributed by atoms with Crippen molar-refractivity contribution in [2.75, 3.05) is 25.6 Å². The molecule has 32 heavy (non-hydrogen) atoms. The van der Waals surface area contributed by atoms with E-state index in [0.717, 1.165) is 5.56 Å². The Morgan fingerprint density at radius 1 is 1.28 bits per heavy atom. The van der Waals surface area contributed by atoms with Crippen LogP contribution in [-0.4, -0.2) is 80.6 Å². The highest BCUT2D eigenvalue weighted by Gasteiger charge is 2.46. The first-order valence-corrected chi connectivity index (χ1v) is 10.3. The lowest BCUT2D eigenvalue weighted by molar-refractivity contribution is -0.124. The summed E-state index contributed by atoms with van der Waals surface area (Å²) in [4.78, 5) is 27.4. The van der Waals surface area contributed by atoms with Crippen molar-refractivity contribution >= 4 is 22.9 Å². The van der Waals surface area contributed by atoms with Crippen molar-refractivity contribution in [2.45, 2.75) is 36.9 Å². The van der Waals surface area contributed by atoms with Crippen molar-refractivity contribution in [1.82, 2.24) is 24.8 Å². The van der Waals surface area contributed by atoms with E-state index in [1.807, 2.05) is 44.4 Å². The summed E-state index contributed by atoms with van der Waals surface area (Å²) in [5.41, 5.74) is 8.02. The number of ether oxygens (including phenoxy) is 1. The highest BCUT2D eigenvalue weighted by molar-refractivity contribution is 5.83. The molecule has 0 saturated carbocycles. The van der Waals surface area contributed by atoms with Gasteiger partial charge in [0, 0.05) is 14.1 Å². The van der Waals surface area contributed by atoms with Gasteiger partial charge in [-0.05, 0) is 12.0 Å². The van der Waals surface area contributed by atoms with Crippen LogP contribution < -0.4 is 16.0 Å². The van der Waals surface area contributed by atoms with Gasteiger partial charge < -0.3 is 30.9 Å². The van der Waals surface area contributed by atoms with Crippen LogP contribution in [0.1, 0.15) is 11.8 Å². The van der Waals surface area contributed by atoms with E-state index in [9.17, 15) is 15.0 Å². The number of benzene rings is 1.